The molecule has 7 heteroatoms. The Morgan fingerprint density at radius 3 is 2.91 bits per heavy atom. The van der Waals surface area contributed by atoms with Crippen LogP contribution in [0.25, 0.3) is 0 Å². The van der Waals surface area contributed by atoms with E-state index in [1.54, 1.807) is 10.9 Å². The van der Waals surface area contributed by atoms with Gasteiger partial charge in [-0.1, -0.05) is 6.92 Å². The second-order valence-corrected chi connectivity index (χ2v) is 5.57. The average molecular weight is 309 g/mol. The standard InChI is InChI=1S/C15H23N3O4/c1-3-8-18(10-13(19)20)15(21)11-5-4-9-22-14(11)12-6-7-16-17(12)2/h6-7,11,14H,3-5,8-10H2,1-2H3,(H,19,20)/t11-,14-/m1/s1. The van der Waals surface area contributed by atoms with Gasteiger partial charge in [0.2, 0.25) is 5.91 Å². The van der Waals surface area contributed by atoms with Gasteiger partial charge in [-0.25, -0.2) is 0 Å². The molecule has 0 spiro atoms. The lowest BCUT2D eigenvalue weighted by molar-refractivity contribution is -0.152. The summed E-state index contributed by atoms with van der Waals surface area (Å²) in [6.45, 7) is 2.71. The summed E-state index contributed by atoms with van der Waals surface area (Å²) in [6.07, 6.45) is 3.55. The summed E-state index contributed by atoms with van der Waals surface area (Å²) in [5, 5.41) is 13.1. The molecule has 0 unspecified atom stereocenters. The first-order valence-corrected chi connectivity index (χ1v) is 7.64. The molecule has 2 heterocycles. The molecule has 1 N–H and O–H groups in total. The second kappa shape index (κ2) is 7.40. The highest BCUT2D eigenvalue weighted by Crippen LogP contribution is 2.34. The number of carboxylic acids is 1. The third-order valence-corrected chi connectivity index (χ3v) is 3.92. The molecular weight excluding hydrogens is 286 g/mol. The lowest BCUT2D eigenvalue weighted by atomic mass is 9.90. The number of aromatic nitrogens is 2. The van der Waals surface area contributed by atoms with Gasteiger partial charge in [0.15, 0.2) is 0 Å². The van der Waals surface area contributed by atoms with E-state index in [9.17, 15) is 9.59 Å². The third-order valence-electron chi connectivity index (χ3n) is 3.92. The molecule has 22 heavy (non-hydrogen) atoms. The van der Waals surface area contributed by atoms with Crippen LogP contribution >= 0.6 is 0 Å². The van der Waals surface area contributed by atoms with Crippen LogP contribution in [0.4, 0.5) is 0 Å². The summed E-state index contributed by atoms with van der Waals surface area (Å²) < 4.78 is 7.52. The number of nitrogens with zero attached hydrogens (tertiary/aromatic N) is 3. The summed E-state index contributed by atoms with van der Waals surface area (Å²) >= 11 is 0. The van der Waals surface area contributed by atoms with Gasteiger partial charge in [0.25, 0.3) is 0 Å². The zero-order chi connectivity index (χ0) is 16.1. The van der Waals surface area contributed by atoms with E-state index in [2.05, 4.69) is 5.10 Å². The Morgan fingerprint density at radius 2 is 2.32 bits per heavy atom. The van der Waals surface area contributed by atoms with E-state index in [1.165, 1.54) is 4.90 Å². The maximum Gasteiger partial charge on any atom is 0.323 e. The fourth-order valence-electron chi connectivity index (χ4n) is 2.92. The Bertz CT molecular complexity index is 529. The maximum atomic E-state index is 12.8. The number of rotatable bonds is 6. The molecule has 1 aliphatic heterocycles. The second-order valence-electron chi connectivity index (χ2n) is 5.57. The first-order chi connectivity index (χ1) is 10.5. The minimum atomic E-state index is -0.990. The maximum absolute atomic E-state index is 12.8. The molecule has 0 bridgehead atoms. The molecule has 0 radical (unpaired) electrons. The predicted molar refractivity (Wildman–Crippen MR) is 79.1 cm³/mol. The molecule has 122 valence electrons. The Morgan fingerprint density at radius 1 is 1.55 bits per heavy atom. The molecule has 2 rings (SSSR count). The molecule has 1 aliphatic rings. The Balaban J connectivity index is 2.20. The van der Waals surface area contributed by atoms with Crippen molar-refractivity contribution >= 4 is 11.9 Å². The van der Waals surface area contributed by atoms with E-state index in [-0.39, 0.29) is 24.5 Å². The summed E-state index contributed by atoms with van der Waals surface area (Å²) in [7, 11) is 1.82. The number of hydrogen-bond acceptors (Lipinski definition) is 4. The quantitative estimate of drug-likeness (QED) is 0.854. The number of carboxylic acid groups (broad SMARTS) is 1. The molecule has 1 aromatic heterocycles. The third kappa shape index (κ3) is 3.65. The Kier molecular flexibility index (Phi) is 5.54. The normalized spacial score (nSPS) is 21.5. The molecule has 1 fully saturated rings. The van der Waals surface area contributed by atoms with Crippen LogP contribution in [0.3, 0.4) is 0 Å². The van der Waals surface area contributed by atoms with Crippen LogP contribution in [-0.2, 0) is 21.4 Å². The smallest absolute Gasteiger partial charge is 0.323 e. The van der Waals surface area contributed by atoms with Gasteiger partial charge in [0.05, 0.1) is 11.6 Å². The van der Waals surface area contributed by atoms with Crippen molar-refractivity contribution in [2.24, 2.45) is 13.0 Å². The zero-order valence-corrected chi connectivity index (χ0v) is 13.1. The van der Waals surface area contributed by atoms with Gasteiger partial charge in [0, 0.05) is 26.4 Å². The van der Waals surface area contributed by atoms with Gasteiger partial charge in [-0.3, -0.25) is 14.3 Å². The number of amides is 1. The van der Waals surface area contributed by atoms with E-state index in [4.69, 9.17) is 9.84 Å². The first kappa shape index (κ1) is 16.5. The van der Waals surface area contributed by atoms with Crippen molar-refractivity contribution in [3.8, 4) is 0 Å². The van der Waals surface area contributed by atoms with Crippen molar-refractivity contribution in [3.63, 3.8) is 0 Å². The highest BCUT2D eigenvalue weighted by molar-refractivity contribution is 5.83. The van der Waals surface area contributed by atoms with Crippen molar-refractivity contribution in [3.05, 3.63) is 18.0 Å². The molecule has 2 atom stereocenters. The summed E-state index contributed by atoms with van der Waals surface area (Å²) in [4.78, 5) is 25.2. The summed E-state index contributed by atoms with van der Waals surface area (Å²) in [5.74, 6) is -1.49. The molecule has 1 amide bonds. The Hall–Kier alpha value is -1.89. The van der Waals surface area contributed by atoms with Crippen LogP contribution in [0.2, 0.25) is 0 Å². The molecule has 0 saturated carbocycles. The highest BCUT2D eigenvalue weighted by Gasteiger charge is 2.37. The van der Waals surface area contributed by atoms with Crippen LogP contribution in [-0.4, -0.2) is 51.4 Å². The largest absolute Gasteiger partial charge is 0.480 e. The van der Waals surface area contributed by atoms with E-state index in [0.717, 1.165) is 18.5 Å². The number of ether oxygens (including phenoxy) is 1. The molecule has 7 nitrogen and oxygen atoms in total. The molecule has 1 saturated heterocycles. The summed E-state index contributed by atoms with van der Waals surface area (Å²) in [6, 6.07) is 1.84. The first-order valence-electron chi connectivity index (χ1n) is 7.64. The minimum absolute atomic E-state index is 0.143. The van der Waals surface area contributed by atoms with Crippen LogP contribution in [0.5, 0.6) is 0 Å². The van der Waals surface area contributed by atoms with Gasteiger partial charge < -0.3 is 14.7 Å². The van der Waals surface area contributed by atoms with Crippen molar-refractivity contribution in [2.45, 2.75) is 32.3 Å². The SMILES string of the molecule is CCCN(CC(=O)O)C(=O)[C@@H]1CCCO[C@H]1c1ccnn1C. The number of aliphatic carboxylic acids is 1. The summed E-state index contributed by atoms with van der Waals surface area (Å²) in [5.41, 5.74) is 0.852. The van der Waals surface area contributed by atoms with Gasteiger partial charge >= 0.3 is 5.97 Å². The fraction of sp³-hybridized carbons (Fsp3) is 0.667. The molecule has 1 aromatic rings. The Labute approximate surface area is 129 Å². The van der Waals surface area contributed by atoms with Gasteiger partial charge in [-0.2, -0.15) is 5.10 Å². The fourth-order valence-corrected chi connectivity index (χ4v) is 2.92. The van der Waals surface area contributed by atoms with Crippen molar-refractivity contribution in [1.82, 2.24) is 14.7 Å². The van der Waals surface area contributed by atoms with E-state index < -0.39 is 5.97 Å². The van der Waals surface area contributed by atoms with Gasteiger partial charge in [-0.05, 0) is 25.3 Å². The number of aryl methyl sites for hydroxylation is 1. The van der Waals surface area contributed by atoms with Crippen molar-refractivity contribution in [1.29, 1.82) is 0 Å². The molecule has 0 aromatic carbocycles. The van der Waals surface area contributed by atoms with E-state index in [1.807, 2.05) is 20.0 Å². The molecule has 0 aliphatic carbocycles. The minimum Gasteiger partial charge on any atom is -0.480 e. The number of carbonyl (C=O) groups excluding carboxylic acids is 1. The van der Waals surface area contributed by atoms with Gasteiger partial charge in [-0.15, -0.1) is 0 Å². The van der Waals surface area contributed by atoms with Crippen LogP contribution in [0, 0.1) is 5.92 Å². The van der Waals surface area contributed by atoms with Gasteiger partial charge in [0.1, 0.15) is 12.6 Å². The topological polar surface area (TPSA) is 84.7 Å². The predicted octanol–water partition coefficient (Wildman–Crippen LogP) is 1.21. The lowest BCUT2D eigenvalue weighted by Gasteiger charge is -2.34. The monoisotopic (exact) mass is 309 g/mol. The van der Waals surface area contributed by atoms with Crippen LogP contribution in [0.1, 0.15) is 38.0 Å². The average Bonchev–Trinajstić information content (AvgIpc) is 2.91. The van der Waals surface area contributed by atoms with E-state index >= 15 is 0 Å². The highest BCUT2D eigenvalue weighted by atomic mass is 16.5. The zero-order valence-electron chi connectivity index (χ0n) is 13.1. The van der Waals surface area contributed by atoms with Crippen LogP contribution < -0.4 is 0 Å². The molecular formula is C15H23N3O4. The number of carbonyl (C=O) groups is 2. The number of hydrogen-bond donors (Lipinski definition) is 1. The van der Waals surface area contributed by atoms with E-state index in [0.29, 0.717) is 19.6 Å². The van der Waals surface area contributed by atoms with Crippen LogP contribution in [0.15, 0.2) is 12.3 Å². The van der Waals surface area contributed by atoms with Crippen molar-refractivity contribution in [2.75, 3.05) is 19.7 Å². The lowest BCUT2D eigenvalue weighted by Crippen LogP contribution is -2.43. The van der Waals surface area contributed by atoms with Crippen molar-refractivity contribution < 1.29 is 19.4 Å².